The fourth-order valence-corrected chi connectivity index (χ4v) is 5.94. The number of hydrogen-bond donors (Lipinski definition) is 0. The predicted molar refractivity (Wildman–Crippen MR) is 74.4 cm³/mol. The molecule has 0 aliphatic heterocycles. The molecule has 0 bridgehead atoms. The molecule has 0 saturated carbocycles. The third-order valence-electron chi connectivity index (χ3n) is 1.83. The Labute approximate surface area is 109 Å². The zero-order valence-electron chi connectivity index (χ0n) is 12.0. The summed E-state index contributed by atoms with van der Waals surface area (Å²) in [5, 5.41) is 0. The fraction of sp³-hybridized carbons (Fsp3) is 1.00. The first-order chi connectivity index (χ1) is 8.10. The van der Waals surface area contributed by atoms with Crippen LogP contribution in [0.25, 0.3) is 0 Å². The maximum absolute atomic E-state index is 5.96. The summed E-state index contributed by atoms with van der Waals surface area (Å²) >= 11 is 0. The molecule has 0 unspecified atom stereocenters. The summed E-state index contributed by atoms with van der Waals surface area (Å²) in [5.74, 6) is 0. The van der Waals surface area contributed by atoms with Gasteiger partial charge in [0, 0.05) is 19.8 Å². The van der Waals surface area contributed by atoms with Crippen LogP contribution >= 0.6 is 0 Å². The van der Waals surface area contributed by atoms with Crippen molar-refractivity contribution in [2.45, 2.75) is 53.1 Å². The van der Waals surface area contributed by atoms with Crippen LogP contribution < -0.4 is 0 Å². The summed E-state index contributed by atoms with van der Waals surface area (Å²) in [6.45, 7) is 12.4. The second kappa shape index (κ2) is 10.2. The van der Waals surface area contributed by atoms with Gasteiger partial charge in [0.15, 0.2) is 9.04 Å². The van der Waals surface area contributed by atoms with Crippen molar-refractivity contribution < 1.29 is 17.4 Å². The van der Waals surface area contributed by atoms with Gasteiger partial charge >= 0.3 is 9.05 Å². The van der Waals surface area contributed by atoms with E-state index in [2.05, 4.69) is 33.9 Å². The molecule has 0 saturated heterocycles. The second-order valence-electron chi connectivity index (χ2n) is 4.21. The first-order valence-electron chi connectivity index (χ1n) is 6.69. The van der Waals surface area contributed by atoms with Crippen LogP contribution in [0.3, 0.4) is 0 Å². The molecule has 0 aliphatic rings. The molecule has 6 heteroatoms. The Bertz CT molecular complexity index is 157. The van der Waals surface area contributed by atoms with Crippen molar-refractivity contribution >= 4 is 18.1 Å². The maximum atomic E-state index is 5.96. The van der Waals surface area contributed by atoms with Gasteiger partial charge in [-0.2, -0.15) is 0 Å². The minimum Gasteiger partial charge on any atom is -0.397 e. The summed E-state index contributed by atoms with van der Waals surface area (Å²) in [4.78, 5) is 0. The van der Waals surface area contributed by atoms with Gasteiger partial charge in [-0.15, -0.1) is 0 Å². The zero-order valence-corrected chi connectivity index (χ0v) is 14.1. The van der Waals surface area contributed by atoms with Gasteiger partial charge in [0.1, 0.15) is 0 Å². The lowest BCUT2D eigenvalue weighted by atomic mass is 10.5. The Morgan fingerprint density at radius 1 is 0.765 bits per heavy atom. The van der Waals surface area contributed by atoms with Crippen LogP contribution in [0.1, 0.15) is 40.0 Å². The van der Waals surface area contributed by atoms with Crippen LogP contribution in [0.4, 0.5) is 0 Å². The molecular weight excluding hydrogens is 252 g/mol. The molecule has 0 heterocycles. The lowest BCUT2D eigenvalue weighted by Gasteiger charge is -2.29. The van der Waals surface area contributed by atoms with Gasteiger partial charge in [0.25, 0.3) is 0 Å². The Morgan fingerprint density at radius 3 is 1.35 bits per heavy atom. The lowest BCUT2D eigenvalue weighted by Crippen LogP contribution is -2.52. The topological polar surface area (TPSA) is 36.9 Å². The van der Waals surface area contributed by atoms with E-state index >= 15 is 0 Å². The quantitative estimate of drug-likeness (QED) is 0.545. The zero-order chi connectivity index (χ0) is 13.1. The SMILES string of the molecule is CCCO[Si](OCCC)(OCCC)O[SiH](C)C. The average Bonchev–Trinajstić information content (AvgIpc) is 2.30. The van der Waals surface area contributed by atoms with E-state index in [9.17, 15) is 0 Å². The summed E-state index contributed by atoms with van der Waals surface area (Å²) in [5.41, 5.74) is 0. The van der Waals surface area contributed by atoms with Crippen molar-refractivity contribution in [1.29, 1.82) is 0 Å². The highest BCUT2D eigenvalue weighted by atomic mass is 28.4. The predicted octanol–water partition coefficient (Wildman–Crippen LogP) is 2.70. The highest BCUT2D eigenvalue weighted by Crippen LogP contribution is 2.15. The molecular formula is C11H28O4Si2. The van der Waals surface area contributed by atoms with Crippen molar-refractivity contribution in [1.82, 2.24) is 0 Å². The van der Waals surface area contributed by atoms with Crippen LogP contribution in [0.2, 0.25) is 13.1 Å². The van der Waals surface area contributed by atoms with E-state index in [0.29, 0.717) is 19.8 Å². The average molecular weight is 281 g/mol. The molecule has 17 heavy (non-hydrogen) atoms. The smallest absolute Gasteiger partial charge is 0.397 e. The normalized spacial score (nSPS) is 12.4. The molecule has 0 N–H and O–H groups in total. The fourth-order valence-electron chi connectivity index (χ4n) is 1.20. The van der Waals surface area contributed by atoms with Crippen LogP contribution in [0, 0.1) is 0 Å². The first-order valence-corrected chi connectivity index (χ1v) is 11.1. The van der Waals surface area contributed by atoms with Crippen LogP contribution in [-0.2, 0) is 17.4 Å². The highest BCUT2D eigenvalue weighted by molar-refractivity contribution is 6.65. The van der Waals surface area contributed by atoms with Gasteiger partial charge in [-0.1, -0.05) is 20.8 Å². The van der Waals surface area contributed by atoms with Gasteiger partial charge < -0.3 is 17.4 Å². The third-order valence-corrected chi connectivity index (χ3v) is 6.54. The van der Waals surface area contributed by atoms with Crippen LogP contribution in [-0.4, -0.2) is 37.9 Å². The van der Waals surface area contributed by atoms with Gasteiger partial charge in [0.05, 0.1) is 0 Å². The van der Waals surface area contributed by atoms with Gasteiger partial charge in [-0.3, -0.25) is 0 Å². The first kappa shape index (κ1) is 17.3. The maximum Gasteiger partial charge on any atom is 0.668 e. The van der Waals surface area contributed by atoms with Gasteiger partial charge in [-0.05, 0) is 32.4 Å². The Kier molecular flexibility index (Phi) is 10.4. The molecule has 0 spiro atoms. The second-order valence-corrected chi connectivity index (χ2v) is 9.12. The molecule has 0 aromatic rings. The van der Waals surface area contributed by atoms with E-state index in [1.807, 2.05) is 0 Å². The number of rotatable bonds is 11. The Hall–Kier alpha value is 0.274. The van der Waals surface area contributed by atoms with Crippen molar-refractivity contribution in [3.63, 3.8) is 0 Å². The largest absolute Gasteiger partial charge is 0.668 e. The van der Waals surface area contributed by atoms with Gasteiger partial charge in [-0.25, -0.2) is 0 Å². The summed E-state index contributed by atoms with van der Waals surface area (Å²) < 4.78 is 23.4. The minimum atomic E-state index is -2.86. The van der Waals surface area contributed by atoms with E-state index in [1.165, 1.54) is 0 Å². The highest BCUT2D eigenvalue weighted by Gasteiger charge is 2.45. The van der Waals surface area contributed by atoms with E-state index in [-0.39, 0.29) is 0 Å². The molecule has 0 fully saturated rings. The van der Waals surface area contributed by atoms with E-state index in [0.717, 1.165) is 19.3 Å². The van der Waals surface area contributed by atoms with E-state index in [4.69, 9.17) is 17.4 Å². The third kappa shape index (κ3) is 8.07. The Morgan fingerprint density at radius 2 is 1.12 bits per heavy atom. The molecule has 4 nitrogen and oxygen atoms in total. The van der Waals surface area contributed by atoms with Crippen molar-refractivity contribution in [3.8, 4) is 0 Å². The van der Waals surface area contributed by atoms with Crippen LogP contribution in [0.15, 0.2) is 0 Å². The molecule has 0 atom stereocenters. The summed E-state index contributed by atoms with van der Waals surface area (Å²) in [7, 11) is -4.10. The molecule has 104 valence electrons. The lowest BCUT2D eigenvalue weighted by molar-refractivity contribution is -0.0000433. The van der Waals surface area contributed by atoms with Crippen molar-refractivity contribution in [2.24, 2.45) is 0 Å². The standard InChI is InChI=1S/C11H28O4Si2/c1-6-9-12-17(13-10-7-2,14-11-8-3)15-16(4)5/h16H,6-11H2,1-5H3. The molecule has 0 rings (SSSR count). The molecule has 0 amide bonds. The Balaban J connectivity index is 4.51. The minimum absolute atomic E-state index is 0.640. The molecule has 0 radical (unpaired) electrons. The van der Waals surface area contributed by atoms with E-state index < -0.39 is 18.1 Å². The molecule has 0 aliphatic carbocycles. The monoisotopic (exact) mass is 280 g/mol. The number of hydrogen-bond acceptors (Lipinski definition) is 4. The van der Waals surface area contributed by atoms with Gasteiger partial charge in [0.2, 0.25) is 0 Å². The summed E-state index contributed by atoms with van der Waals surface area (Å²) in [6.07, 6.45) is 2.84. The van der Waals surface area contributed by atoms with Crippen molar-refractivity contribution in [3.05, 3.63) is 0 Å². The molecule has 0 aromatic carbocycles. The van der Waals surface area contributed by atoms with E-state index in [1.54, 1.807) is 0 Å². The molecule has 0 aromatic heterocycles. The van der Waals surface area contributed by atoms with Crippen LogP contribution in [0.5, 0.6) is 0 Å². The van der Waals surface area contributed by atoms with Crippen molar-refractivity contribution in [2.75, 3.05) is 19.8 Å². The summed E-state index contributed by atoms with van der Waals surface area (Å²) in [6, 6.07) is 0.